The number of esters is 2. The van der Waals surface area contributed by atoms with Crippen molar-refractivity contribution < 1.29 is 19.1 Å². The minimum Gasteiger partial charge on any atom is -0.465 e. The normalized spacial score (nSPS) is 11.4. The molecule has 0 N–H and O–H groups in total. The van der Waals surface area contributed by atoms with Gasteiger partial charge in [0.05, 0.1) is 13.2 Å². The molecule has 0 unspecified atom stereocenters. The van der Waals surface area contributed by atoms with Crippen molar-refractivity contribution in [1.82, 2.24) is 0 Å². The molecule has 19 heavy (non-hydrogen) atoms. The zero-order chi connectivity index (χ0) is 14.5. The first-order valence-corrected chi connectivity index (χ1v) is 6.78. The molecule has 0 heterocycles. The van der Waals surface area contributed by atoms with Gasteiger partial charge in [-0.25, -0.2) is 0 Å². The lowest BCUT2D eigenvalue weighted by molar-refractivity contribution is -0.161. The predicted octanol–water partition coefficient (Wildman–Crippen LogP) is 3.03. The highest BCUT2D eigenvalue weighted by molar-refractivity contribution is 5.94. The third-order valence-corrected chi connectivity index (χ3v) is 2.45. The van der Waals surface area contributed by atoms with Crippen LogP contribution in [0, 0.1) is 5.92 Å². The summed E-state index contributed by atoms with van der Waals surface area (Å²) in [4.78, 5) is 23.3. The summed E-state index contributed by atoms with van der Waals surface area (Å²) in [5.74, 6) is -1.77. The second-order valence-electron chi connectivity index (χ2n) is 3.94. The molecule has 0 aliphatic carbocycles. The van der Waals surface area contributed by atoms with Crippen LogP contribution in [0.2, 0.25) is 0 Å². The monoisotopic (exact) mass is 268 g/mol. The molecule has 0 aliphatic rings. The Hall–Kier alpha value is -1.58. The molecule has 0 bridgehead atoms. The Bertz CT molecular complexity index is 300. The van der Waals surface area contributed by atoms with Crippen LogP contribution in [0.25, 0.3) is 0 Å². The van der Waals surface area contributed by atoms with Gasteiger partial charge in [-0.05, 0) is 40.0 Å². The number of unbranched alkanes of at least 4 members (excludes halogenated alkanes) is 1. The predicted molar refractivity (Wildman–Crippen MR) is 74.6 cm³/mol. The Kier molecular flexibility index (Phi) is 10.6. The van der Waals surface area contributed by atoms with Crippen molar-refractivity contribution in [3.05, 3.63) is 24.3 Å². The molecule has 0 spiro atoms. The van der Waals surface area contributed by atoms with Gasteiger partial charge in [-0.2, -0.15) is 0 Å². The van der Waals surface area contributed by atoms with Gasteiger partial charge in [-0.15, -0.1) is 0 Å². The van der Waals surface area contributed by atoms with Crippen molar-refractivity contribution in [3.63, 3.8) is 0 Å². The average Bonchev–Trinajstić information content (AvgIpc) is 2.38. The highest BCUT2D eigenvalue weighted by Gasteiger charge is 2.28. The van der Waals surface area contributed by atoms with E-state index in [2.05, 4.69) is 0 Å². The third kappa shape index (κ3) is 8.19. The number of hydrogen-bond donors (Lipinski definition) is 0. The summed E-state index contributed by atoms with van der Waals surface area (Å²) in [5.41, 5.74) is 0. The van der Waals surface area contributed by atoms with Gasteiger partial charge < -0.3 is 9.47 Å². The maximum Gasteiger partial charge on any atom is 0.320 e. The molecule has 108 valence electrons. The van der Waals surface area contributed by atoms with Crippen molar-refractivity contribution in [2.24, 2.45) is 5.92 Å². The number of hydrogen-bond acceptors (Lipinski definition) is 4. The molecular formula is C15H24O4. The molecule has 4 nitrogen and oxygen atoms in total. The van der Waals surface area contributed by atoms with Crippen LogP contribution in [0.1, 0.15) is 40.0 Å². The van der Waals surface area contributed by atoms with Crippen molar-refractivity contribution in [2.75, 3.05) is 13.2 Å². The number of carbonyl (C=O) groups excluding carboxylic acids is 2. The smallest absolute Gasteiger partial charge is 0.320 e. The third-order valence-electron chi connectivity index (χ3n) is 2.45. The van der Waals surface area contributed by atoms with Gasteiger partial charge in [-0.3, -0.25) is 9.59 Å². The maximum atomic E-state index is 11.7. The average molecular weight is 268 g/mol. The molecule has 0 saturated carbocycles. The topological polar surface area (TPSA) is 52.6 Å². The van der Waals surface area contributed by atoms with Gasteiger partial charge in [0.1, 0.15) is 0 Å². The van der Waals surface area contributed by atoms with E-state index in [4.69, 9.17) is 9.47 Å². The van der Waals surface area contributed by atoms with E-state index in [1.54, 1.807) is 13.8 Å². The van der Waals surface area contributed by atoms with Crippen molar-refractivity contribution >= 4 is 11.9 Å². The zero-order valence-corrected chi connectivity index (χ0v) is 12.1. The molecule has 0 aromatic heterocycles. The fourth-order valence-electron chi connectivity index (χ4n) is 1.54. The van der Waals surface area contributed by atoms with Crippen molar-refractivity contribution in [2.45, 2.75) is 40.0 Å². The first-order chi connectivity index (χ1) is 9.17. The second-order valence-corrected chi connectivity index (χ2v) is 3.94. The SMILES string of the molecule is C/C=C/C=C\CCCC(C(=O)OCC)C(=O)OCC. The van der Waals surface area contributed by atoms with E-state index in [9.17, 15) is 9.59 Å². The summed E-state index contributed by atoms with van der Waals surface area (Å²) in [7, 11) is 0. The Labute approximate surface area is 115 Å². The highest BCUT2D eigenvalue weighted by atomic mass is 16.6. The van der Waals surface area contributed by atoms with Gasteiger partial charge in [0, 0.05) is 0 Å². The van der Waals surface area contributed by atoms with E-state index in [1.807, 2.05) is 31.2 Å². The quantitative estimate of drug-likeness (QED) is 0.279. The zero-order valence-electron chi connectivity index (χ0n) is 12.1. The van der Waals surface area contributed by atoms with E-state index >= 15 is 0 Å². The Morgan fingerprint density at radius 1 is 1.05 bits per heavy atom. The van der Waals surface area contributed by atoms with Crippen LogP contribution in [-0.4, -0.2) is 25.2 Å². The summed E-state index contributed by atoms with van der Waals surface area (Å²) < 4.78 is 9.80. The first-order valence-electron chi connectivity index (χ1n) is 6.78. The standard InChI is InChI=1S/C15H24O4/c1-4-7-8-9-10-11-12-13(14(16)18-5-2)15(17)19-6-3/h4,7-9,13H,5-6,10-12H2,1-3H3/b7-4+,9-8-. The van der Waals surface area contributed by atoms with Crippen LogP contribution in [0.3, 0.4) is 0 Å². The first kappa shape index (κ1) is 17.4. The van der Waals surface area contributed by atoms with Gasteiger partial charge in [0.25, 0.3) is 0 Å². The molecule has 0 fully saturated rings. The number of ether oxygens (including phenoxy) is 2. The largest absolute Gasteiger partial charge is 0.465 e. The van der Waals surface area contributed by atoms with Gasteiger partial charge in [0.15, 0.2) is 5.92 Å². The molecular weight excluding hydrogens is 244 g/mol. The van der Waals surface area contributed by atoms with Gasteiger partial charge in [0.2, 0.25) is 0 Å². The minimum atomic E-state index is -0.796. The maximum absolute atomic E-state index is 11.7. The van der Waals surface area contributed by atoms with Gasteiger partial charge in [-0.1, -0.05) is 24.3 Å². The molecule has 0 aromatic rings. The molecule has 0 rings (SSSR count). The van der Waals surface area contributed by atoms with E-state index in [1.165, 1.54) is 0 Å². The summed E-state index contributed by atoms with van der Waals surface area (Å²) in [5, 5.41) is 0. The Balaban J connectivity index is 4.26. The van der Waals surface area contributed by atoms with E-state index < -0.39 is 17.9 Å². The van der Waals surface area contributed by atoms with Crippen LogP contribution >= 0.6 is 0 Å². The van der Waals surface area contributed by atoms with Crippen LogP contribution in [0.15, 0.2) is 24.3 Å². The summed E-state index contributed by atoms with van der Waals surface area (Å²) >= 11 is 0. The fraction of sp³-hybridized carbons (Fsp3) is 0.600. The van der Waals surface area contributed by atoms with Crippen LogP contribution in [-0.2, 0) is 19.1 Å². The molecule has 0 amide bonds. The molecule has 0 atom stereocenters. The molecule has 0 aromatic carbocycles. The molecule has 0 saturated heterocycles. The van der Waals surface area contributed by atoms with E-state index in [0.29, 0.717) is 6.42 Å². The van der Waals surface area contributed by atoms with Gasteiger partial charge >= 0.3 is 11.9 Å². The second kappa shape index (κ2) is 11.5. The number of allylic oxidation sites excluding steroid dienone is 4. The Morgan fingerprint density at radius 2 is 1.63 bits per heavy atom. The summed E-state index contributed by atoms with van der Waals surface area (Å²) in [6, 6.07) is 0. The van der Waals surface area contributed by atoms with E-state index in [0.717, 1.165) is 12.8 Å². The molecule has 0 radical (unpaired) electrons. The lowest BCUT2D eigenvalue weighted by Crippen LogP contribution is -2.28. The van der Waals surface area contributed by atoms with Crippen LogP contribution < -0.4 is 0 Å². The minimum absolute atomic E-state index is 0.274. The molecule has 0 aliphatic heterocycles. The number of rotatable bonds is 9. The lowest BCUT2D eigenvalue weighted by Gasteiger charge is -2.13. The van der Waals surface area contributed by atoms with Crippen LogP contribution in [0.4, 0.5) is 0 Å². The fourth-order valence-corrected chi connectivity index (χ4v) is 1.54. The highest BCUT2D eigenvalue weighted by Crippen LogP contribution is 2.13. The summed E-state index contributed by atoms with van der Waals surface area (Å²) in [6.07, 6.45) is 9.86. The van der Waals surface area contributed by atoms with Crippen molar-refractivity contribution in [1.29, 1.82) is 0 Å². The molecule has 4 heteroatoms. The van der Waals surface area contributed by atoms with Crippen molar-refractivity contribution in [3.8, 4) is 0 Å². The number of carbonyl (C=O) groups is 2. The van der Waals surface area contributed by atoms with E-state index in [-0.39, 0.29) is 13.2 Å². The van der Waals surface area contributed by atoms with Crippen LogP contribution in [0.5, 0.6) is 0 Å². The summed E-state index contributed by atoms with van der Waals surface area (Å²) in [6.45, 7) is 5.94. The Morgan fingerprint density at radius 3 is 2.11 bits per heavy atom. The lowest BCUT2D eigenvalue weighted by atomic mass is 10.0.